The molecule has 0 radical (unpaired) electrons. The van der Waals surface area contributed by atoms with Gasteiger partial charge < -0.3 is 16.0 Å². The van der Waals surface area contributed by atoms with Crippen LogP contribution in [0.4, 0.5) is 18.9 Å². The van der Waals surface area contributed by atoms with Crippen molar-refractivity contribution in [2.45, 2.75) is 44.8 Å². The summed E-state index contributed by atoms with van der Waals surface area (Å²) in [5, 5.41) is 2.72. The normalized spacial score (nSPS) is 10.8. The van der Waals surface area contributed by atoms with E-state index in [2.05, 4.69) is 5.32 Å². The van der Waals surface area contributed by atoms with Gasteiger partial charge in [-0.1, -0.05) is 25.0 Å². The van der Waals surface area contributed by atoms with Crippen molar-refractivity contribution in [2.24, 2.45) is 5.73 Å². The van der Waals surface area contributed by atoms with Crippen LogP contribution in [0.1, 0.15) is 37.7 Å². The number of halogens is 4. The monoisotopic (exact) mass is 395 g/mol. The van der Waals surface area contributed by atoms with Crippen LogP contribution >= 0.6 is 12.4 Å². The number of nitrogens with zero attached hydrogens (tertiary/aromatic N) is 1. The molecule has 0 saturated heterocycles. The molecule has 2 amide bonds. The number of anilines is 1. The predicted molar refractivity (Wildman–Crippen MR) is 97.0 cm³/mol. The zero-order chi connectivity index (χ0) is 18.9. The first-order valence-corrected chi connectivity index (χ1v) is 8.15. The fourth-order valence-corrected chi connectivity index (χ4v) is 2.32. The van der Waals surface area contributed by atoms with Gasteiger partial charge in [0, 0.05) is 25.7 Å². The van der Waals surface area contributed by atoms with Crippen molar-refractivity contribution >= 4 is 29.9 Å². The van der Waals surface area contributed by atoms with E-state index in [4.69, 9.17) is 5.73 Å². The molecule has 0 bridgehead atoms. The van der Waals surface area contributed by atoms with E-state index in [-0.39, 0.29) is 24.9 Å². The Hall–Kier alpha value is -1.80. The maximum atomic E-state index is 12.4. The molecule has 26 heavy (non-hydrogen) atoms. The zero-order valence-electron chi connectivity index (χ0n) is 14.6. The molecule has 0 aromatic heterocycles. The van der Waals surface area contributed by atoms with Gasteiger partial charge in [-0.3, -0.25) is 9.59 Å². The first-order chi connectivity index (χ1) is 11.7. The highest BCUT2D eigenvalue weighted by atomic mass is 35.5. The summed E-state index contributed by atoms with van der Waals surface area (Å²) in [6, 6.07) is 6.44. The molecule has 0 spiro atoms. The molecule has 5 nitrogen and oxygen atoms in total. The number of hydrogen-bond donors (Lipinski definition) is 2. The van der Waals surface area contributed by atoms with Crippen LogP contribution in [-0.2, 0) is 16.1 Å². The van der Waals surface area contributed by atoms with E-state index in [0.717, 1.165) is 32.7 Å². The van der Waals surface area contributed by atoms with Crippen LogP contribution in [0.5, 0.6) is 0 Å². The van der Waals surface area contributed by atoms with Gasteiger partial charge in [-0.05, 0) is 37.1 Å². The third kappa shape index (κ3) is 9.05. The minimum absolute atomic E-state index is 0. The molecule has 1 aromatic rings. The minimum atomic E-state index is -4.90. The lowest BCUT2D eigenvalue weighted by Crippen LogP contribution is -2.37. The van der Waals surface area contributed by atoms with Crippen LogP contribution in [0.2, 0.25) is 0 Å². The quantitative estimate of drug-likeness (QED) is 0.628. The van der Waals surface area contributed by atoms with Gasteiger partial charge in [0.15, 0.2) is 0 Å². The molecule has 0 fully saturated rings. The van der Waals surface area contributed by atoms with Crippen molar-refractivity contribution in [2.75, 3.05) is 18.9 Å². The van der Waals surface area contributed by atoms with E-state index < -0.39 is 12.1 Å². The molecule has 148 valence electrons. The maximum absolute atomic E-state index is 12.4. The van der Waals surface area contributed by atoms with Crippen molar-refractivity contribution in [1.29, 1.82) is 0 Å². The molecule has 0 unspecified atom stereocenters. The molecule has 0 heterocycles. The van der Waals surface area contributed by atoms with E-state index in [1.54, 1.807) is 24.3 Å². The first-order valence-electron chi connectivity index (χ1n) is 8.15. The van der Waals surface area contributed by atoms with Gasteiger partial charge in [-0.2, -0.15) is 13.2 Å². The topological polar surface area (TPSA) is 75.4 Å². The molecular formula is C17H25ClF3N3O2. The van der Waals surface area contributed by atoms with Crippen LogP contribution in [0.25, 0.3) is 0 Å². The van der Waals surface area contributed by atoms with E-state index in [1.807, 2.05) is 0 Å². The smallest absolute Gasteiger partial charge is 0.334 e. The Balaban J connectivity index is 0.00000625. The van der Waals surface area contributed by atoms with Crippen LogP contribution in [0.3, 0.4) is 0 Å². The molecule has 3 N–H and O–H groups in total. The summed E-state index contributed by atoms with van der Waals surface area (Å²) in [5.41, 5.74) is 6.40. The summed E-state index contributed by atoms with van der Waals surface area (Å²) >= 11 is 0. The molecule has 0 aliphatic carbocycles. The summed E-state index contributed by atoms with van der Waals surface area (Å²) in [4.78, 5) is 23.6. The molecular weight excluding hydrogens is 371 g/mol. The highest BCUT2D eigenvalue weighted by Gasteiger charge is 2.41. The maximum Gasteiger partial charge on any atom is 0.471 e. The molecule has 0 aliphatic rings. The van der Waals surface area contributed by atoms with Gasteiger partial charge >= 0.3 is 12.1 Å². The standard InChI is InChI=1S/C17H24F3N3O2.ClH/c1-23(16(25)17(18,19)20)12-13-7-6-8-14(11-13)22-15(24)9-4-2-3-5-10-21;/h6-8,11H,2-5,9-10,12,21H2,1H3,(H,22,24);1H. The van der Waals surface area contributed by atoms with E-state index in [9.17, 15) is 22.8 Å². The number of carbonyl (C=O) groups is 2. The molecule has 0 atom stereocenters. The van der Waals surface area contributed by atoms with Crippen molar-refractivity contribution in [3.8, 4) is 0 Å². The summed E-state index contributed by atoms with van der Waals surface area (Å²) in [5.74, 6) is -2.05. The molecule has 1 aromatic carbocycles. The third-order valence-corrected chi connectivity index (χ3v) is 3.58. The average Bonchev–Trinajstić information content (AvgIpc) is 2.53. The SMILES string of the molecule is CN(Cc1cccc(NC(=O)CCCCCCN)c1)C(=O)C(F)(F)F.Cl. The second-order valence-corrected chi connectivity index (χ2v) is 5.86. The predicted octanol–water partition coefficient (Wildman–Crippen LogP) is 3.48. The van der Waals surface area contributed by atoms with Gasteiger partial charge in [0.1, 0.15) is 0 Å². The van der Waals surface area contributed by atoms with E-state index >= 15 is 0 Å². The summed E-state index contributed by atoms with van der Waals surface area (Å²) in [6.07, 6.45) is -0.915. The van der Waals surface area contributed by atoms with Gasteiger partial charge in [0.05, 0.1) is 0 Å². The molecule has 9 heteroatoms. The van der Waals surface area contributed by atoms with Gasteiger partial charge in [-0.25, -0.2) is 0 Å². The fraction of sp³-hybridized carbons (Fsp3) is 0.529. The number of amides is 2. The number of nitrogens with one attached hydrogen (secondary N) is 1. The van der Waals surface area contributed by atoms with Gasteiger partial charge in [-0.15, -0.1) is 12.4 Å². The molecule has 0 saturated carbocycles. The van der Waals surface area contributed by atoms with Crippen LogP contribution in [0, 0.1) is 0 Å². The second kappa shape index (κ2) is 11.7. The lowest BCUT2D eigenvalue weighted by atomic mass is 10.1. The molecule has 0 aliphatic heterocycles. The van der Waals surface area contributed by atoms with Crippen LogP contribution in [-0.4, -0.2) is 36.5 Å². The van der Waals surface area contributed by atoms with Crippen molar-refractivity contribution < 1.29 is 22.8 Å². The van der Waals surface area contributed by atoms with Gasteiger partial charge in [0.2, 0.25) is 5.91 Å². The lowest BCUT2D eigenvalue weighted by Gasteiger charge is -2.19. The number of hydrogen-bond acceptors (Lipinski definition) is 3. The number of rotatable bonds is 9. The Morgan fingerprint density at radius 3 is 2.42 bits per heavy atom. The Labute approximate surface area is 157 Å². The first kappa shape index (κ1) is 24.2. The average molecular weight is 396 g/mol. The third-order valence-electron chi connectivity index (χ3n) is 3.58. The second-order valence-electron chi connectivity index (χ2n) is 5.86. The largest absolute Gasteiger partial charge is 0.471 e. The Morgan fingerprint density at radius 1 is 1.15 bits per heavy atom. The number of unbranched alkanes of at least 4 members (excludes halogenated alkanes) is 3. The van der Waals surface area contributed by atoms with E-state index in [0.29, 0.717) is 29.1 Å². The number of alkyl halides is 3. The summed E-state index contributed by atoms with van der Waals surface area (Å²) < 4.78 is 37.2. The number of benzene rings is 1. The zero-order valence-corrected chi connectivity index (χ0v) is 15.5. The van der Waals surface area contributed by atoms with Crippen molar-refractivity contribution in [3.05, 3.63) is 29.8 Å². The highest BCUT2D eigenvalue weighted by molar-refractivity contribution is 5.90. The summed E-state index contributed by atoms with van der Waals surface area (Å²) in [7, 11) is 1.09. The number of nitrogens with two attached hydrogens (primary N) is 1. The Bertz CT molecular complexity index is 583. The van der Waals surface area contributed by atoms with Crippen LogP contribution < -0.4 is 11.1 Å². The van der Waals surface area contributed by atoms with Crippen molar-refractivity contribution in [1.82, 2.24) is 4.90 Å². The van der Waals surface area contributed by atoms with E-state index in [1.165, 1.54) is 0 Å². The van der Waals surface area contributed by atoms with Crippen LogP contribution in [0.15, 0.2) is 24.3 Å². The fourth-order valence-electron chi connectivity index (χ4n) is 2.32. The Kier molecular flexibility index (Phi) is 10.9. The molecule has 1 rings (SSSR count). The Morgan fingerprint density at radius 2 is 1.81 bits per heavy atom. The lowest BCUT2D eigenvalue weighted by molar-refractivity contribution is -0.184. The summed E-state index contributed by atoms with van der Waals surface area (Å²) in [6.45, 7) is 0.450. The number of carbonyl (C=O) groups excluding carboxylic acids is 2. The van der Waals surface area contributed by atoms with Gasteiger partial charge in [0.25, 0.3) is 0 Å². The highest BCUT2D eigenvalue weighted by Crippen LogP contribution is 2.20. The van der Waals surface area contributed by atoms with Crippen molar-refractivity contribution in [3.63, 3.8) is 0 Å². The minimum Gasteiger partial charge on any atom is -0.334 e.